The Morgan fingerprint density at radius 3 is 2.05 bits per heavy atom. The van der Waals surface area contributed by atoms with Crippen molar-refractivity contribution in [2.45, 2.75) is 31.8 Å². The Morgan fingerprint density at radius 2 is 1.50 bits per heavy atom. The van der Waals surface area contributed by atoms with Crippen LogP contribution in [0.15, 0.2) is 0 Å². The average molecular weight is 278 g/mol. The minimum absolute atomic E-state index is 0.311. The second kappa shape index (κ2) is 5.78. The molecule has 0 aliphatic carbocycles. The second-order valence-electron chi connectivity index (χ2n) is 5.41. The van der Waals surface area contributed by atoms with Gasteiger partial charge in [-0.3, -0.25) is 0 Å². The zero-order valence-corrected chi connectivity index (χ0v) is 12.0. The monoisotopic (exact) mass is 278 g/mol. The van der Waals surface area contributed by atoms with Crippen LogP contribution in [0, 0.1) is 0 Å². The summed E-state index contributed by atoms with van der Waals surface area (Å²) in [7, 11) is 1.77. The average Bonchev–Trinajstić information content (AvgIpc) is 3.01. The summed E-state index contributed by atoms with van der Waals surface area (Å²) in [4.78, 5) is 17.5. The zero-order chi connectivity index (χ0) is 13.9. The van der Waals surface area contributed by atoms with E-state index in [4.69, 9.17) is 10.5 Å². The van der Waals surface area contributed by atoms with Gasteiger partial charge >= 0.3 is 0 Å². The van der Waals surface area contributed by atoms with Gasteiger partial charge in [-0.15, -0.1) is 0 Å². The van der Waals surface area contributed by atoms with Crippen LogP contribution >= 0.6 is 0 Å². The van der Waals surface area contributed by atoms with Crippen molar-refractivity contribution >= 4 is 17.8 Å². The molecule has 20 heavy (non-hydrogen) atoms. The smallest absolute Gasteiger partial charge is 0.231 e. The number of ether oxygens (including phenoxy) is 1. The van der Waals surface area contributed by atoms with Crippen LogP contribution in [-0.4, -0.2) is 54.3 Å². The van der Waals surface area contributed by atoms with E-state index in [2.05, 4.69) is 24.8 Å². The van der Waals surface area contributed by atoms with Crippen LogP contribution in [0.1, 0.15) is 25.7 Å². The Hall–Kier alpha value is -1.63. The molecule has 0 unspecified atom stereocenters. The molecule has 2 fully saturated rings. The van der Waals surface area contributed by atoms with Crippen LogP contribution in [0.3, 0.4) is 0 Å². The van der Waals surface area contributed by atoms with Crippen molar-refractivity contribution in [3.63, 3.8) is 0 Å². The number of rotatable bonds is 3. The SMILES string of the molecule is COC1CCN(c2nc(N)nc(N3CCCC3)n2)CC1. The summed E-state index contributed by atoms with van der Waals surface area (Å²) >= 11 is 0. The summed E-state index contributed by atoms with van der Waals surface area (Å²) in [6.07, 6.45) is 4.74. The summed E-state index contributed by atoms with van der Waals surface area (Å²) in [5.41, 5.74) is 5.85. The molecule has 0 saturated carbocycles. The molecule has 7 heteroatoms. The fourth-order valence-corrected chi connectivity index (χ4v) is 2.86. The molecular weight excluding hydrogens is 256 g/mol. The highest BCUT2D eigenvalue weighted by Crippen LogP contribution is 2.22. The highest BCUT2D eigenvalue weighted by Gasteiger charge is 2.23. The van der Waals surface area contributed by atoms with E-state index in [0.717, 1.165) is 45.0 Å². The van der Waals surface area contributed by atoms with Gasteiger partial charge in [-0.25, -0.2) is 0 Å². The van der Waals surface area contributed by atoms with E-state index in [-0.39, 0.29) is 0 Å². The van der Waals surface area contributed by atoms with Crippen LogP contribution < -0.4 is 15.5 Å². The lowest BCUT2D eigenvalue weighted by Crippen LogP contribution is -2.38. The van der Waals surface area contributed by atoms with Crippen LogP contribution in [0.25, 0.3) is 0 Å². The molecule has 1 aromatic rings. The Morgan fingerprint density at radius 1 is 0.950 bits per heavy atom. The predicted molar refractivity (Wildman–Crippen MR) is 77.9 cm³/mol. The van der Waals surface area contributed by atoms with Crippen molar-refractivity contribution in [1.29, 1.82) is 0 Å². The summed E-state index contributed by atoms with van der Waals surface area (Å²) in [5, 5.41) is 0. The predicted octanol–water partition coefficient (Wildman–Crippen LogP) is 0.669. The molecule has 7 nitrogen and oxygen atoms in total. The third-order valence-corrected chi connectivity index (χ3v) is 4.08. The molecule has 0 spiro atoms. The third kappa shape index (κ3) is 2.77. The van der Waals surface area contributed by atoms with Crippen molar-refractivity contribution in [2.24, 2.45) is 0 Å². The highest BCUT2D eigenvalue weighted by atomic mass is 16.5. The number of hydrogen-bond acceptors (Lipinski definition) is 7. The van der Waals surface area contributed by atoms with Crippen molar-refractivity contribution in [2.75, 3.05) is 48.8 Å². The van der Waals surface area contributed by atoms with Crippen LogP contribution in [-0.2, 0) is 4.74 Å². The van der Waals surface area contributed by atoms with E-state index < -0.39 is 0 Å². The number of methoxy groups -OCH3 is 1. The first kappa shape index (κ1) is 13.4. The summed E-state index contributed by atoms with van der Waals surface area (Å²) < 4.78 is 5.39. The summed E-state index contributed by atoms with van der Waals surface area (Å²) in [6.45, 7) is 3.83. The van der Waals surface area contributed by atoms with Gasteiger partial charge in [-0.2, -0.15) is 15.0 Å². The Labute approximate surface area is 119 Å². The van der Waals surface area contributed by atoms with E-state index >= 15 is 0 Å². The molecule has 0 amide bonds. The summed E-state index contributed by atoms with van der Waals surface area (Å²) in [6, 6.07) is 0. The molecule has 1 aromatic heterocycles. The maximum atomic E-state index is 5.85. The standard InChI is InChI=1S/C13H22N6O/c1-20-10-4-8-19(9-5-10)13-16-11(14)15-12(17-13)18-6-2-3-7-18/h10H,2-9H2,1H3,(H2,14,15,16,17). The highest BCUT2D eigenvalue weighted by molar-refractivity contribution is 5.44. The van der Waals surface area contributed by atoms with Crippen molar-refractivity contribution in [1.82, 2.24) is 15.0 Å². The molecular formula is C13H22N6O. The largest absolute Gasteiger partial charge is 0.381 e. The van der Waals surface area contributed by atoms with E-state index in [1.165, 1.54) is 12.8 Å². The quantitative estimate of drug-likeness (QED) is 0.870. The topological polar surface area (TPSA) is 80.4 Å². The van der Waals surface area contributed by atoms with Gasteiger partial charge < -0.3 is 20.3 Å². The van der Waals surface area contributed by atoms with E-state index in [9.17, 15) is 0 Å². The van der Waals surface area contributed by atoms with Gasteiger partial charge in [0.1, 0.15) is 0 Å². The number of aromatic nitrogens is 3. The van der Waals surface area contributed by atoms with Crippen molar-refractivity contribution < 1.29 is 4.74 Å². The Balaban J connectivity index is 1.76. The number of hydrogen-bond donors (Lipinski definition) is 1. The Bertz CT molecular complexity index is 454. The van der Waals surface area contributed by atoms with Gasteiger partial charge in [0.15, 0.2) is 0 Å². The molecule has 0 radical (unpaired) electrons. The molecule has 3 heterocycles. The maximum Gasteiger partial charge on any atom is 0.231 e. The number of anilines is 3. The first-order valence-corrected chi connectivity index (χ1v) is 7.30. The van der Waals surface area contributed by atoms with Gasteiger partial charge in [-0.05, 0) is 25.7 Å². The van der Waals surface area contributed by atoms with Gasteiger partial charge in [0.25, 0.3) is 0 Å². The maximum absolute atomic E-state index is 5.85. The lowest BCUT2D eigenvalue weighted by molar-refractivity contribution is 0.0816. The minimum atomic E-state index is 0.311. The van der Waals surface area contributed by atoms with Gasteiger partial charge in [0.05, 0.1) is 6.10 Å². The van der Waals surface area contributed by atoms with Crippen LogP contribution in [0.4, 0.5) is 17.8 Å². The minimum Gasteiger partial charge on any atom is -0.381 e. The van der Waals surface area contributed by atoms with Crippen LogP contribution in [0.5, 0.6) is 0 Å². The van der Waals surface area contributed by atoms with Gasteiger partial charge in [-0.1, -0.05) is 0 Å². The van der Waals surface area contributed by atoms with Crippen molar-refractivity contribution in [3.8, 4) is 0 Å². The second-order valence-corrected chi connectivity index (χ2v) is 5.41. The molecule has 0 atom stereocenters. The van der Waals surface area contributed by atoms with E-state index in [0.29, 0.717) is 18.0 Å². The third-order valence-electron chi connectivity index (χ3n) is 4.08. The molecule has 2 saturated heterocycles. The van der Waals surface area contributed by atoms with Gasteiger partial charge in [0.2, 0.25) is 17.8 Å². The number of nitrogen functional groups attached to an aromatic ring is 1. The molecule has 0 bridgehead atoms. The first-order chi connectivity index (χ1) is 9.76. The van der Waals surface area contributed by atoms with Crippen LogP contribution in [0.2, 0.25) is 0 Å². The van der Waals surface area contributed by atoms with Crippen molar-refractivity contribution in [3.05, 3.63) is 0 Å². The first-order valence-electron chi connectivity index (χ1n) is 7.30. The van der Waals surface area contributed by atoms with E-state index in [1.807, 2.05) is 0 Å². The van der Waals surface area contributed by atoms with Gasteiger partial charge in [0, 0.05) is 33.3 Å². The molecule has 0 aromatic carbocycles. The fraction of sp³-hybridized carbons (Fsp3) is 0.769. The molecule has 110 valence electrons. The fourth-order valence-electron chi connectivity index (χ4n) is 2.86. The lowest BCUT2D eigenvalue weighted by atomic mass is 10.1. The molecule has 2 aliphatic rings. The van der Waals surface area contributed by atoms with E-state index in [1.54, 1.807) is 7.11 Å². The number of nitrogens with two attached hydrogens (primary N) is 1. The molecule has 2 N–H and O–H groups in total. The number of nitrogens with zero attached hydrogens (tertiary/aromatic N) is 5. The normalized spacial score (nSPS) is 20.6. The summed E-state index contributed by atoms with van der Waals surface area (Å²) in [5.74, 6) is 1.73. The Kier molecular flexibility index (Phi) is 3.86. The number of piperidine rings is 1. The zero-order valence-electron chi connectivity index (χ0n) is 12.0. The molecule has 2 aliphatic heterocycles. The lowest BCUT2D eigenvalue weighted by Gasteiger charge is -2.31. The molecule has 3 rings (SSSR count).